The Bertz CT molecular complexity index is 2620. The Morgan fingerprint density at radius 2 is 1.34 bits per heavy atom. The Hall–Kier alpha value is -4.99. The zero-order valence-corrected chi connectivity index (χ0v) is 56.7. The molecule has 4 aliphatic carbocycles. The second kappa shape index (κ2) is 34.4. The van der Waals surface area contributed by atoms with Crippen LogP contribution in [0.5, 0.6) is 11.5 Å². The van der Waals surface area contributed by atoms with Crippen molar-refractivity contribution in [2.24, 2.45) is 46.3 Å². The van der Waals surface area contributed by atoms with Gasteiger partial charge < -0.3 is 39.2 Å². The molecule has 486 valence electrons. The minimum atomic E-state index is -1.35. The first-order valence-electron chi connectivity index (χ1n) is 34.1. The van der Waals surface area contributed by atoms with Gasteiger partial charge in [0.05, 0.1) is 39.9 Å². The molecule has 0 heterocycles. The molecule has 3 amide bonds. The van der Waals surface area contributed by atoms with Crippen LogP contribution in [0.15, 0.2) is 90.5 Å². The van der Waals surface area contributed by atoms with Crippen LogP contribution in [0.2, 0.25) is 0 Å². The summed E-state index contributed by atoms with van der Waals surface area (Å²) in [5.74, 6) is 5.95. The number of nitrogens with zero attached hydrogens (tertiary/aromatic N) is 2. The highest BCUT2D eigenvalue weighted by Gasteiger charge is 2.59. The van der Waals surface area contributed by atoms with E-state index in [4.69, 9.17) is 28.5 Å². The summed E-state index contributed by atoms with van der Waals surface area (Å²) in [6.07, 6.45) is 22.3. The van der Waals surface area contributed by atoms with Crippen molar-refractivity contribution in [3.8, 4) is 17.6 Å². The molecule has 10 atom stereocenters. The molecular formula is C74H112N5O8P. The zero-order chi connectivity index (χ0) is 63.3. The number of ether oxygens (including phenoxy) is 3. The summed E-state index contributed by atoms with van der Waals surface area (Å²) in [7, 11) is 2.01. The van der Waals surface area contributed by atoms with Crippen molar-refractivity contribution >= 4 is 26.4 Å². The highest BCUT2D eigenvalue weighted by atomic mass is 31.2. The van der Waals surface area contributed by atoms with Crippen LogP contribution in [0.3, 0.4) is 0 Å². The standard InChI is InChI=1S/C74H112N5O8P/c1-53(2)24-22-25-56(7)65-40-41-66-64-39-34-60-52-63(42-45-72(60,8)67(64)43-46-73(65,66)9)87-71(82)77-49-19-17-28-68(70(81)76-48-20-21-50-85-88(86-51-23-47-75)79(54(3)4)55(5)6)78-69(80)29-16-13-18-44-74(57-26-14-12-15-27-57,58-30-35-61(83-10)36-31-58)59-32-37-62(84-11)38-33-59/h12,14-15,26-27,30-38,53-56,63-68H,13,16-25,28-29,39-46,48-52H2,1-11H3,(H,76,81)(H,77,82)(H,78,80)/t56-,63+,64+,65-,66+,67+,68?,72+,73-,88?/m1/s1. The van der Waals surface area contributed by atoms with Crippen molar-refractivity contribution in [3.05, 3.63) is 107 Å². The van der Waals surface area contributed by atoms with Gasteiger partial charge in [0.25, 0.3) is 8.53 Å². The lowest BCUT2D eigenvalue weighted by atomic mass is 9.47. The van der Waals surface area contributed by atoms with Gasteiger partial charge in [-0.05, 0) is 205 Å². The molecule has 2 unspecified atom stereocenters. The molecule has 0 radical (unpaired) electrons. The number of nitriles is 1. The van der Waals surface area contributed by atoms with Gasteiger partial charge >= 0.3 is 6.09 Å². The summed E-state index contributed by atoms with van der Waals surface area (Å²) < 4.78 is 31.9. The Balaban J connectivity index is 0.912. The maximum absolute atomic E-state index is 14.0. The molecule has 3 aromatic rings. The molecule has 3 fully saturated rings. The number of hydrogen-bond donors (Lipinski definition) is 3. The third kappa shape index (κ3) is 18.4. The van der Waals surface area contributed by atoms with E-state index in [1.54, 1.807) is 14.2 Å². The van der Waals surface area contributed by atoms with Gasteiger partial charge in [0.15, 0.2) is 0 Å². The molecule has 7 rings (SSSR count). The molecule has 4 aliphatic rings. The van der Waals surface area contributed by atoms with E-state index in [1.165, 1.54) is 62.5 Å². The summed E-state index contributed by atoms with van der Waals surface area (Å²) in [5, 5.41) is 18.4. The Morgan fingerprint density at radius 1 is 0.693 bits per heavy atom. The van der Waals surface area contributed by atoms with Crippen molar-refractivity contribution in [2.45, 2.75) is 233 Å². The number of alkyl carbamates (subject to hydrolysis) is 1. The fourth-order valence-corrected chi connectivity index (χ4v) is 18.1. The van der Waals surface area contributed by atoms with E-state index in [2.05, 4.69) is 144 Å². The number of nitrogens with one attached hydrogen (secondary N) is 3. The lowest BCUT2D eigenvalue weighted by molar-refractivity contribution is -0.129. The van der Waals surface area contributed by atoms with E-state index in [1.807, 2.05) is 30.3 Å². The van der Waals surface area contributed by atoms with Crippen LogP contribution < -0.4 is 25.4 Å². The van der Waals surface area contributed by atoms with Gasteiger partial charge in [-0.25, -0.2) is 9.46 Å². The van der Waals surface area contributed by atoms with Crippen molar-refractivity contribution < 1.29 is 37.6 Å². The molecule has 0 bridgehead atoms. The average molecular weight is 1230 g/mol. The first-order valence-corrected chi connectivity index (χ1v) is 35.3. The topological polar surface area (TPSA) is 160 Å². The number of methoxy groups -OCH3 is 2. The molecular weight excluding hydrogens is 1120 g/mol. The molecule has 14 heteroatoms. The Kier molecular flexibility index (Phi) is 27.6. The number of hydrogen-bond acceptors (Lipinski definition) is 10. The first-order chi connectivity index (χ1) is 42.4. The van der Waals surface area contributed by atoms with Crippen molar-refractivity contribution in [1.29, 1.82) is 5.26 Å². The quantitative estimate of drug-likeness (QED) is 0.0221. The van der Waals surface area contributed by atoms with Crippen LogP contribution in [0.4, 0.5) is 4.79 Å². The van der Waals surface area contributed by atoms with Crippen LogP contribution in [-0.4, -0.2) is 87.3 Å². The van der Waals surface area contributed by atoms with Crippen molar-refractivity contribution in [2.75, 3.05) is 40.5 Å². The average Bonchev–Trinajstić information content (AvgIpc) is 2.18. The highest BCUT2D eigenvalue weighted by molar-refractivity contribution is 7.44. The fourth-order valence-electron chi connectivity index (χ4n) is 16.4. The number of amides is 3. The van der Waals surface area contributed by atoms with E-state index in [-0.39, 0.29) is 47.9 Å². The third-order valence-corrected chi connectivity index (χ3v) is 23.1. The number of rotatable bonds is 36. The number of carbonyl (C=O) groups excluding carboxylic acids is 3. The fraction of sp³-hybridized carbons (Fsp3) is 0.676. The molecule has 88 heavy (non-hydrogen) atoms. The first kappa shape index (κ1) is 70.5. The van der Waals surface area contributed by atoms with Gasteiger partial charge in [-0.1, -0.05) is 133 Å². The van der Waals surface area contributed by atoms with Crippen LogP contribution in [-0.2, 0) is 28.8 Å². The smallest absolute Gasteiger partial charge is 0.407 e. The molecule has 0 saturated heterocycles. The number of carbonyl (C=O) groups is 3. The minimum absolute atomic E-state index is 0.129. The second-order valence-corrected chi connectivity index (χ2v) is 29.2. The molecule has 3 aromatic carbocycles. The van der Waals surface area contributed by atoms with Crippen molar-refractivity contribution in [1.82, 2.24) is 20.6 Å². The predicted molar refractivity (Wildman–Crippen MR) is 356 cm³/mol. The molecule has 0 aromatic heterocycles. The summed E-state index contributed by atoms with van der Waals surface area (Å²) in [6, 6.07) is 29.1. The van der Waals surface area contributed by atoms with Gasteiger partial charge in [-0.2, -0.15) is 5.26 Å². The number of fused-ring (bicyclic) bond motifs is 5. The second-order valence-electron chi connectivity index (χ2n) is 27.8. The van der Waals surface area contributed by atoms with E-state index >= 15 is 0 Å². The maximum Gasteiger partial charge on any atom is 0.407 e. The van der Waals surface area contributed by atoms with Crippen LogP contribution in [0.25, 0.3) is 0 Å². The molecule has 0 spiro atoms. The van der Waals surface area contributed by atoms with E-state index in [0.29, 0.717) is 82.6 Å². The van der Waals surface area contributed by atoms with Crippen LogP contribution >= 0.6 is 8.53 Å². The molecule has 3 saturated carbocycles. The molecule has 13 nitrogen and oxygen atoms in total. The maximum atomic E-state index is 14.0. The van der Waals surface area contributed by atoms with E-state index < -0.39 is 20.0 Å². The van der Waals surface area contributed by atoms with Gasteiger partial charge in [0.1, 0.15) is 23.6 Å². The van der Waals surface area contributed by atoms with Crippen LogP contribution in [0, 0.1) is 57.7 Å². The lowest BCUT2D eigenvalue weighted by Crippen LogP contribution is -2.51. The largest absolute Gasteiger partial charge is 0.497 e. The summed E-state index contributed by atoms with van der Waals surface area (Å²) in [6.45, 7) is 22.5. The van der Waals surface area contributed by atoms with Gasteiger partial charge in [0.2, 0.25) is 11.8 Å². The predicted octanol–water partition coefficient (Wildman–Crippen LogP) is 17.0. The third-order valence-electron chi connectivity index (χ3n) is 21.0. The summed E-state index contributed by atoms with van der Waals surface area (Å²) in [4.78, 5) is 41.3. The minimum Gasteiger partial charge on any atom is -0.497 e. The Morgan fingerprint density at radius 3 is 1.99 bits per heavy atom. The highest BCUT2D eigenvalue weighted by Crippen LogP contribution is 2.67. The number of unbranched alkanes of at least 4 members (excludes halogenated alkanes) is 4. The van der Waals surface area contributed by atoms with Gasteiger partial charge in [-0.15, -0.1) is 0 Å². The number of benzene rings is 3. The zero-order valence-electron chi connectivity index (χ0n) is 55.8. The Labute approximate surface area is 532 Å². The van der Waals surface area contributed by atoms with Crippen LogP contribution in [0.1, 0.15) is 220 Å². The summed E-state index contributed by atoms with van der Waals surface area (Å²) >= 11 is 0. The molecule has 3 N–H and O–H groups in total. The lowest BCUT2D eigenvalue weighted by Gasteiger charge is -2.58. The number of allylic oxidation sites excluding steroid dienone is 1. The van der Waals surface area contributed by atoms with E-state index in [9.17, 15) is 14.4 Å². The monoisotopic (exact) mass is 1230 g/mol. The van der Waals surface area contributed by atoms with Gasteiger partial charge in [-0.3, -0.25) is 9.59 Å². The van der Waals surface area contributed by atoms with E-state index in [0.717, 1.165) is 90.7 Å². The SMILES string of the molecule is COc1ccc(C(CCCCCC(=O)NC(CCCCNC(=O)O[C@H]2CC[C@@]3(C)C(=CC[C@H]4[C@@H]5CC[C@H]([C@H](C)CCCC(C)C)[C@@]5(C)CC[C@@H]43)C2)C(=O)NCCCCOP(OCCC#N)N(C(C)C)C(C)C)(c2ccccc2)c2ccc(OC)cc2)cc1. The normalized spacial score (nSPS) is 23.5. The van der Waals surface area contributed by atoms with Gasteiger partial charge in [0, 0.05) is 43.4 Å². The molecule has 0 aliphatic heterocycles. The summed E-state index contributed by atoms with van der Waals surface area (Å²) in [5.41, 5.74) is 5.17. The van der Waals surface area contributed by atoms with Crippen molar-refractivity contribution in [3.63, 3.8) is 0 Å².